The third-order valence-corrected chi connectivity index (χ3v) is 5.48. The van der Waals surface area contributed by atoms with Crippen molar-refractivity contribution in [3.05, 3.63) is 40.5 Å². The Morgan fingerprint density at radius 3 is 2.62 bits per heavy atom. The van der Waals surface area contributed by atoms with E-state index in [4.69, 9.17) is 4.98 Å². The topological polar surface area (TPSA) is 24.9 Å². The lowest BCUT2D eigenvalue weighted by Crippen LogP contribution is -2.29. The molecule has 1 fully saturated rings. The van der Waals surface area contributed by atoms with Gasteiger partial charge in [-0.15, -0.1) is 0 Å². The summed E-state index contributed by atoms with van der Waals surface area (Å²) < 4.78 is 1.12. The molecule has 1 N–H and O–H groups in total. The number of nitrogens with zero attached hydrogens (tertiary/aromatic N) is 1. The standard InChI is InChI=1S/C18H23BrN2/c1-12-7-9-13(10-8-12)17(20-2)18-15(19)11-14-5-3-4-6-16(14)21-18/h3-6,11-13,17,20H,7-10H2,1-2H3. The number of nitrogens with one attached hydrogen (secondary N) is 1. The summed E-state index contributed by atoms with van der Waals surface area (Å²) in [6, 6.07) is 10.9. The van der Waals surface area contributed by atoms with Crippen LogP contribution in [0.4, 0.5) is 0 Å². The first-order valence-corrected chi connectivity index (χ1v) is 8.70. The molecule has 2 nitrogen and oxygen atoms in total. The maximum absolute atomic E-state index is 4.93. The van der Waals surface area contributed by atoms with Gasteiger partial charge in [-0.1, -0.05) is 38.0 Å². The van der Waals surface area contributed by atoms with Gasteiger partial charge in [0.15, 0.2) is 0 Å². The number of rotatable bonds is 3. The molecule has 0 amide bonds. The summed E-state index contributed by atoms with van der Waals surface area (Å²) >= 11 is 3.73. The monoisotopic (exact) mass is 346 g/mol. The average molecular weight is 347 g/mol. The lowest BCUT2D eigenvalue weighted by atomic mass is 9.78. The van der Waals surface area contributed by atoms with Gasteiger partial charge in [0.2, 0.25) is 0 Å². The molecule has 3 rings (SSSR count). The highest BCUT2D eigenvalue weighted by Crippen LogP contribution is 2.38. The summed E-state index contributed by atoms with van der Waals surface area (Å²) in [6.07, 6.45) is 5.28. The number of para-hydroxylation sites is 1. The van der Waals surface area contributed by atoms with E-state index < -0.39 is 0 Å². The minimum atomic E-state index is 0.344. The lowest BCUT2D eigenvalue weighted by Gasteiger charge is -2.32. The molecular weight excluding hydrogens is 324 g/mol. The average Bonchev–Trinajstić information content (AvgIpc) is 2.50. The molecule has 0 aliphatic heterocycles. The van der Waals surface area contributed by atoms with E-state index in [9.17, 15) is 0 Å². The number of hydrogen-bond acceptors (Lipinski definition) is 2. The molecule has 1 aliphatic carbocycles. The fourth-order valence-corrected chi connectivity index (χ4v) is 4.12. The molecule has 1 aromatic carbocycles. The van der Waals surface area contributed by atoms with Gasteiger partial charge in [0.25, 0.3) is 0 Å². The first-order valence-electron chi connectivity index (χ1n) is 7.91. The second-order valence-electron chi connectivity index (χ2n) is 6.33. The van der Waals surface area contributed by atoms with E-state index in [0.717, 1.165) is 21.6 Å². The van der Waals surface area contributed by atoms with E-state index in [1.807, 2.05) is 0 Å². The zero-order chi connectivity index (χ0) is 14.8. The Morgan fingerprint density at radius 2 is 1.90 bits per heavy atom. The molecule has 1 atom stereocenters. The molecule has 0 saturated heterocycles. The Labute approximate surface area is 135 Å². The number of aromatic nitrogens is 1. The minimum Gasteiger partial charge on any atom is -0.311 e. The first-order chi connectivity index (χ1) is 10.2. The third-order valence-electron chi connectivity index (χ3n) is 4.84. The van der Waals surface area contributed by atoms with Gasteiger partial charge >= 0.3 is 0 Å². The van der Waals surface area contributed by atoms with E-state index in [1.54, 1.807) is 0 Å². The summed E-state index contributed by atoms with van der Waals surface area (Å²) in [4.78, 5) is 4.93. The highest BCUT2D eigenvalue weighted by Gasteiger charge is 2.28. The quantitative estimate of drug-likeness (QED) is 0.837. The molecule has 1 aliphatic rings. The third kappa shape index (κ3) is 3.14. The summed E-state index contributed by atoms with van der Waals surface area (Å²) in [5.74, 6) is 1.57. The van der Waals surface area contributed by atoms with Crippen LogP contribution in [0.5, 0.6) is 0 Å². The molecule has 1 heterocycles. The number of halogens is 1. The van der Waals surface area contributed by atoms with E-state index >= 15 is 0 Å². The molecule has 1 unspecified atom stereocenters. The molecule has 112 valence electrons. The number of benzene rings is 1. The zero-order valence-electron chi connectivity index (χ0n) is 12.8. The molecule has 1 saturated carbocycles. The predicted molar refractivity (Wildman–Crippen MR) is 92.4 cm³/mol. The van der Waals surface area contributed by atoms with Crippen LogP contribution in [0.25, 0.3) is 10.9 Å². The normalized spacial score (nSPS) is 24.1. The van der Waals surface area contributed by atoms with Crippen LogP contribution in [0.15, 0.2) is 34.8 Å². The maximum Gasteiger partial charge on any atom is 0.0725 e. The van der Waals surface area contributed by atoms with E-state index in [1.165, 1.54) is 31.1 Å². The van der Waals surface area contributed by atoms with Crippen LogP contribution < -0.4 is 5.32 Å². The van der Waals surface area contributed by atoms with Gasteiger partial charge in [-0.25, -0.2) is 4.98 Å². The van der Waals surface area contributed by atoms with Gasteiger partial charge in [-0.3, -0.25) is 0 Å². The highest BCUT2D eigenvalue weighted by atomic mass is 79.9. The second-order valence-corrected chi connectivity index (χ2v) is 7.19. The van der Waals surface area contributed by atoms with Gasteiger partial charge < -0.3 is 5.32 Å². The van der Waals surface area contributed by atoms with E-state index in [-0.39, 0.29) is 0 Å². The van der Waals surface area contributed by atoms with Gasteiger partial charge in [0, 0.05) is 9.86 Å². The number of hydrogen-bond donors (Lipinski definition) is 1. The number of pyridine rings is 1. The SMILES string of the molecule is CNC(c1nc2ccccc2cc1Br)C1CCC(C)CC1. The Kier molecular flexibility index (Phi) is 4.60. The summed E-state index contributed by atoms with van der Waals surface area (Å²) in [7, 11) is 2.06. The smallest absolute Gasteiger partial charge is 0.0725 e. The van der Waals surface area contributed by atoms with Crippen molar-refractivity contribution in [2.24, 2.45) is 11.8 Å². The minimum absolute atomic E-state index is 0.344. The van der Waals surface area contributed by atoms with Crippen molar-refractivity contribution in [3.63, 3.8) is 0 Å². The van der Waals surface area contributed by atoms with Gasteiger partial charge in [0.1, 0.15) is 0 Å². The Bertz CT molecular complexity index is 618. The zero-order valence-corrected chi connectivity index (χ0v) is 14.4. The van der Waals surface area contributed by atoms with Crippen molar-refractivity contribution in [1.82, 2.24) is 10.3 Å². The molecule has 2 aromatic rings. The molecule has 1 aromatic heterocycles. The van der Waals surface area contributed by atoms with Gasteiger partial charge in [-0.05, 0) is 59.8 Å². The Hall–Kier alpha value is -0.930. The summed E-state index contributed by atoms with van der Waals surface area (Å²) in [5.41, 5.74) is 2.25. The van der Waals surface area contributed by atoms with E-state index in [0.29, 0.717) is 12.0 Å². The fraction of sp³-hybridized carbons (Fsp3) is 0.500. The van der Waals surface area contributed by atoms with Crippen molar-refractivity contribution < 1.29 is 0 Å². The maximum atomic E-state index is 4.93. The van der Waals surface area contributed by atoms with Crippen LogP contribution in [-0.4, -0.2) is 12.0 Å². The van der Waals surface area contributed by atoms with Gasteiger partial charge in [0.05, 0.1) is 17.3 Å². The number of fused-ring (bicyclic) bond motifs is 1. The van der Waals surface area contributed by atoms with E-state index in [2.05, 4.69) is 65.5 Å². The largest absolute Gasteiger partial charge is 0.311 e. The van der Waals surface area contributed by atoms with Crippen LogP contribution >= 0.6 is 15.9 Å². The first kappa shape index (κ1) is 15.0. The molecule has 0 bridgehead atoms. The summed E-state index contributed by atoms with van der Waals surface area (Å²) in [6.45, 7) is 2.37. The Balaban J connectivity index is 1.94. The van der Waals surface area contributed by atoms with Crippen molar-refractivity contribution in [2.45, 2.75) is 38.6 Å². The molecular formula is C18H23BrN2. The second kappa shape index (κ2) is 6.45. The van der Waals surface area contributed by atoms with Crippen molar-refractivity contribution in [3.8, 4) is 0 Å². The molecule has 0 spiro atoms. The van der Waals surface area contributed by atoms with Crippen molar-refractivity contribution in [1.29, 1.82) is 0 Å². The predicted octanol–water partition coefficient (Wildman–Crippen LogP) is 5.08. The van der Waals surface area contributed by atoms with Crippen molar-refractivity contribution in [2.75, 3.05) is 7.05 Å². The Morgan fingerprint density at radius 1 is 1.19 bits per heavy atom. The van der Waals surface area contributed by atoms with Crippen LogP contribution in [0.1, 0.15) is 44.3 Å². The van der Waals surface area contributed by atoms with Crippen molar-refractivity contribution >= 4 is 26.8 Å². The van der Waals surface area contributed by atoms with Crippen LogP contribution in [-0.2, 0) is 0 Å². The lowest BCUT2D eigenvalue weighted by molar-refractivity contribution is 0.235. The van der Waals surface area contributed by atoms with Crippen LogP contribution in [0.2, 0.25) is 0 Å². The van der Waals surface area contributed by atoms with Crippen LogP contribution in [0.3, 0.4) is 0 Å². The van der Waals surface area contributed by atoms with Crippen LogP contribution in [0, 0.1) is 11.8 Å². The molecule has 0 radical (unpaired) electrons. The summed E-state index contributed by atoms with van der Waals surface area (Å²) in [5, 5.41) is 4.71. The molecule has 3 heteroatoms. The molecule has 21 heavy (non-hydrogen) atoms. The highest BCUT2D eigenvalue weighted by molar-refractivity contribution is 9.10. The van der Waals surface area contributed by atoms with Gasteiger partial charge in [-0.2, -0.15) is 0 Å². The fourth-order valence-electron chi connectivity index (χ4n) is 3.54.